The van der Waals surface area contributed by atoms with E-state index >= 15 is 0 Å². The number of carbonyl (C=O) groups is 1. The molecular weight excluding hydrogens is 280 g/mol. The van der Waals surface area contributed by atoms with E-state index in [1.807, 2.05) is 0 Å². The number of rotatable bonds is 6. The number of amides is 1. The number of carbonyl (C=O) groups excluding carboxylic acids is 1. The Balaban J connectivity index is 1.88. The summed E-state index contributed by atoms with van der Waals surface area (Å²) in [6.45, 7) is 0.498. The Morgan fingerprint density at radius 1 is 1.43 bits per heavy atom. The van der Waals surface area contributed by atoms with E-state index in [1.54, 1.807) is 4.90 Å². The molecule has 1 fully saturated rings. The van der Waals surface area contributed by atoms with Crippen LogP contribution in [0.25, 0.3) is 0 Å². The Labute approximate surface area is 122 Å². The van der Waals surface area contributed by atoms with Crippen LogP contribution in [0.3, 0.4) is 0 Å². The van der Waals surface area contributed by atoms with E-state index in [1.165, 1.54) is 6.07 Å². The molecule has 1 heterocycles. The molecule has 1 atom stereocenters. The van der Waals surface area contributed by atoms with Gasteiger partial charge in [-0.3, -0.25) is 4.79 Å². The smallest absolute Gasteiger partial charge is 0.260 e. The normalized spacial score (nSPS) is 18.0. The van der Waals surface area contributed by atoms with Crippen LogP contribution in [0.15, 0.2) is 18.2 Å². The van der Waals surface area contributed by atoms with Crippen LogP contribution in [0.4, 0.5) is 8.78 Å². The first kappa shape index (κ1) is 15.7. The van der Waals surface area contributed by atoms with Gasteiger partial charge >= 0.3 is 0 Å². The quantitative estimate of drug-likeness (QED) is 0.875. The van der Waals surface area contributed by atoms with Crippen molar-refractivity contribution in [1.82, 2.24) is 4.90 Å². The molecule has 1 aromatic carbocycles. The predicted octanol–water partition coefficient (Wildman–Crippen LogP) is 2.11. The molecule has 1 saturated heterocycles. The number of hydrogen-bond acceptors (Lipinski definition) is 3. The lowest BCUT2D eigenvalue weighted by Crippen LogP contribution is -2.38. The van der Waals surface area contributed by atoms with Gasteiger partial charge in [0.15, 0.2) is 18.2 Å². The number of aliphatic hydroxyl groups excluding tert-OH is 1. The van der Waals surface area contributed by atoms with Crippen LogP contribution in [0.2, 0.25) is 0 Å². The third kappa shape index (κ3) is 4.14. The van der Waals surface area contributed by atoms with Crippen LogP contribution in [0.5, 0.6) is 5.75 Å². The molecule has 4 nitrogen and oxygen atoms in total. The lowest BCUT2D eigenvalue weighted by molar-refractivity contribution is -0.134. The summed E-state index contributed by atoms with van der Waals surface area (Å²) >= 11 is 0. The minimum absolute atomic E-state index is 0.107. The van der Waals surface area contributed by atoms with Gasteiger partial charge in [0.05, 0.1) is 0 Å². The molecule has 1 amide bonds. The fourth-order valence-electron chi connectivity index (χ4n) is 2.61. The summed E-state index contributed by atoms with van der Waals surface area (Å²) < 4.78 is 31.3. The highest BCUT2D eigenvalue weighted by Gasteiger charge is 2.28. The van der Waals surface area contributed by atoms with Crippen LogP contribution in [-0.4, -0.2) is 41.7 Å². The standard InChI is InChI=1S/C15H19F2NO3/c16-11-5-6-14(13(17)9-11)21-10-15(20)18-7-1-3-12(18)4-2-8-19/h5-6,9,12,19H,1-4,7-8,10H2. The molecule has 1 N–H and O–H groups in total. The summed E-state index contributed by atoms with van der Waals surface area (Å²) in [5.41, 5.74) is 0. The average molecular weight is 299 g/mol. The summed E-state index contributed by atoms with van der Waals surface area (Å²) in [6.07, 6.45) is 3.25. The minimum atomic E-state index is -0.818. The Hall–Kier alpha value is -1.69. The number of ether oxygens (including phenoxy) is 1. The molecule has 0 spiro atoms. The van der Waals surface area contributed by atoms with E-state index in [0.29, 0.717) is 13.0 Å². The van der Waals surface area contributed by atoms with Crippen molar-refractivity contribution in [3.8, 4) is 5.75 Å². The molecule has 0 aliphatic carbocycles. The molecule has 1 aromatic rings. The van der Waals surface area contributed by atoms with Gasteiger partial charge in [-0.1, -0.05) is 0 Å². The molecule has 1 aliphatic heterocycles. The van der Waals surface area contributed by atoms with Crippen LogP contribution >= 0.6 is 0 Å². The monoisotopic (exact) mass is 299 g/mol. The first-order valence-electron chi connectivity index (χ1n) is 7.10. The molecular formula is C15H19F2NO3. The second kappa shape index (κ2) is 7.36. The highest BCUT2D eigenvalue weighted by Crippen LogP contribution is 2.22. The molecule has 6 heteroatoms. The number of likely N-dealkylation sites (tertiary alicyclic amines) is 1. The van der Waals surface area contributed by atoms with Crippen LogP contribution in [0.1, 0.15) is 25.7 Å². The van der Waals surface area contributed by atoms with Crippen molar-refractivity contribution in [1.29, 1.82) is 0 Å². The molecule has 21 heavy (non-hydrogen) atoms. The van der Waals surface area contributed by atoms with Gasteiger partial charge < -0.3 is 14.7 Å². The minimum Gasteiger partial charge on any atom is -0.481 e. The summed E-state index contributed by atoms with van der Waals surface area (Å²) in [5.74, 6) is -1.84. The van der Waals surface area contributed by atoms with Crippen molar-refractivity contribution in [2.75, 3.05) is 19.8 Å². The molecule has 116 valence electrons. The van der Waals surface area contributed by atoms with Gasteiger partial charge in [0.2, 0.25) is 0 Å². The number of aliphatic hydroxyl groups is 1. The summed E-state index contributed by atoms with van der Waals surface area (Å²) in [4.78, 5) is 13.8. The second-order valence-corrected chi connectivity index (χ2v) is 5.11. The highest BCUT2D eigenvalue weighted by atomic mass is 19.1. The van der Waals surface area contributed by atoms with Gasteiger partial charge in [0.25, 0.3) is 5.91 Å². The van der Waals surface area contributed by atoms with E-state index in [2.05, 4.69) is 0 Å². The number of nitrogens with zero attached hydrogens (tertiary/aromatic N) is 1. The van der Waals surface area contributed by atoms with Gasteiger partial charge in [-0.15, -0.1) is 0 Å². The van der Waals surface area contributed by atoms with E-state index in [-0.39, 0.29) is 30.9 Å². The van der Waals surface area contributed by atoms with Crippen molar-refractivity contribution in [3.05, 3.63) is 29.8 Å². The Kier molecular flexibility index (Phi) is 5.50. The fourth-order valence-corrected chi connectivity index (χ4v) is 2.61. The molecule has 0 aromatic heterocycles. The lowest BCUT2D eigenvalue weighted by Gasteiger charge is -2.24. The van der Waals surface area contributed by atoms with Gasteiger partial charge in [-0.2, -0.15) is 0 Å². The van der Waals surface area contributed by atoms with Crippen molar-refractivity contribution >= 4 is 5.91 Å². The van der Waals surface area contributed by atoms with E-state index < -0.39 is 11.6 Å². The van der Waals surface area contributed by atoms with Crippen molar-refractivity contribution in [3.63, 3.8) is 0 Å². The first-order valence-corrected chi connectivity index (χ1v) is 7.10. The van der Waals surface area contributed by atoms with Gasteiger partial charge in [0, 0.05) is 25.3 Å². The van der Waals surface area contributed by atoms with E-state index in [9.17, 15) is 13.6 Å². The SMILES string of the molecule is O=C(COc1ccc(F)cc1F)N1CCCC1CCCO. The third-order valence-corrected chi connectivity index (χ3v) is 3.64. The molecule has 0 radical (unpaired) electrons. The topological polar surface area (TPSA) is 49.8 Å². The van der Waals surface area contributed by atoms with Crippen molar-refractivity contribution in [2.45, 2.75) is 31.7 Å². The maximum absolute atomic E-state index is 13.4. The Bertz CT molecular complexity index is 496. The van der Waals surface area contributed by atoms with Crippen molar-refractivity contribution in [2.24, 2.45) is 0 Å². The molecule has 1 unspecified atom stereocenters. The number of benzene rings is 1. The maximum atomic E-state index is 13.4. The van der Waals surface area contributed by atoms with Crippen LogP contribution < -0.4 is 4.74 Å². The highest BCUT2D eigenvalue weighted by molar-refractivity contribution is 5.78. The zero-order valence-electron chi connectivity index (χ0n) is 11.7. The Morgan fingerprint density at radius 3 is 2.95 bits per heavy atom. The predicted molar refractivity (Wildman–Crippen MR) is 72.9 cm³/mol. The second-order valence-electron chi connectivity index (χ2n) is 5.11. The average Bonchev–Trinajstić information content (AvgIpc) is 2.92. The van der Waals surface area contributed by atoms with Crippen LogP contribution in [0, 0.1) is 11.6 Å². The zero-order valence-corrected chi connectivity index (χ0v) is 11.7. The van der Waals surface area contributed by atoms with Gasteiger partial charge in [0.1, 0.15) is 5.82 Å². The summed E-state index contributed by atoms with van der Waals surface area (Å²) in [5, 5.41) is 8.86. The van der Waals surface area contributed by atoms with E-state index in [0.717, 1.165) is 31.4 Å². The largest absolute Gasteiger partial charge is 0.481 e. The van der Waals surface area contributed by atoms with Crippen molar-refractivity contribution < 1.29 is 23.4 Å². The zero-order chi connectivity index (χ0) is 15.2. The molecule has 0 bridgehead atoms. The first-order chi connectivity index (χ1) is 10.1. The van der Waals surface area contributed by atoms with E-state index in [4.69, 9.17) is 9.84 Å². The maximum Gasteiger partial charge on any atom is 0.260 e. The summed E-state index contributed by atoms with van der Waals surface area (Å²) in [7, 11) is 0. The third-order valence-electron chi connectivity index (χ3n) is 3.64. The van der Waals surface area contributed by atoms with Crippen LogP contribution in [-0.2, 0) is 4.79 Å². The van der Waals surface area contributed by atoms with Gasteiger partial charge in [-0.25, -0.2) is 8.78 Å². The molecule has 2 rings (SSSR count). The Morgan fingerprint density at radius 2 is 2.24 bits per heavy atom. The number of halogens is 2. The number of hydrogen-bond donors (Lipinski definition) is 1. The molecule has 0 saturated carbocycles. The molecule has 1 aliphatic rings. The summed E-state index contributed by atoms with van der Waals surface area (Å²) in [6, 6.07) is 3.10. The van der Waals surface area contributed by atoms with Gasteiger partial charge in [-0.05, 0) is 37.8 Å². The fraction of sp³-hybridized carbons (Fsp3) is 0.533. The lowest BCUT2D eigenvalue weighted by atomic mass is 10.1.